The number of nitrogens with zero attached hydrogens (tertiary/aromatic N) is 8. The van der Waals surface area contributed by atoms with Gasteiger partial charge in [-0.1, -0.05) is 26.7 Å². The third kappa shape index (κ3) is 9.24. The number of hydrogen-bond donors (Lipinski definition) is 2. The van der Waals surface area contributed by atoms with Crippen molar-refractivity contribution < 1.29 is 35.9 Å². The summed E-state index contributed by atoms with van der Waals surface area (Å²) in [6, 6.07) is 0.169. The summed E-state index contributed by atoms with van der Waals surface area (Å²) in [5.74, 6) is 3.17. The lowest BCUT2D eigenvalue weighted by Crippen LogP contribution is -2.57. The highest BCUT2D eigenvalue weighted by atomic mass is 32.2. The van der Waals surface area contributed by atoms with Crippen LogP contribution in [0.15, 0.2) is 12.4 Å². The van der Waals surface area contributed by atoms with Gasteiger partial charge in [0.25, 0.3) is 11.8 Å². The summed E-state index contributed by atoms with van der Waals surface area (Å²) in [7, 11) is -6.20. The number of carbonyl (C=O) groups excluding carboxylic acids is 2. The Balaban J connectivity index is 0.000000173. The molecule has 2 aromatic heterocycles. The van der Waals surface area contributed by atoms with Crippen molar-refractivity contribution in [2.75, 3.05) is 70.4 Å². The molecule has 2 atom stereocenters. The van der Waals surface area contributed by atoms with Crippen molar-refractivity contribution in [1.82, 2.24) is 29.1 Å². The van der Waals surface area contributed by atoms with E-state index in [1.807, 2.05) is 13.8 Å². The topological polar surface area (TPSA) is 209 Å². The highest BCUT2D eigenvalue weighted by molar-refractivity contribution is 7.91. The zero-order valence-corrected chi connectivity index (χ0v) is 36.8. The van der Waals surface area contributed by atoms with Gasteiger partial charge in [0.05, 0.1) is 35.7 Å². The van der Waals surface area contributed by atoms with E-state index in [0.29, 0.717) is 86.9 Å². The van der Waals surface area contributed by atoms with Gasteiger partial charge >= 0.3 is 0 Å². The van der Waals surface area contributed by atoms with E-state index in [2.05, 4.69) is 35.5 Å². The maximum atomic E-state index is 13.3. The highest BCUT2D eigenvalue weighted by Gasteiger charge is 2.48. The third-order valence-corrected chi connectivity index (χ3v) is 15.7. The first-order valence-electron chi connectivity index (χ1n) is 21.2. The van der Waals surface area contributed by atoms with Crippen LogP contribution in [0.25, 0.3) is 0 Å². The minimum atomic E-state index is -3.29. The van der Waals surface area contributed by atoms with Crippen molar-refractivity contribution in [3.8, 4) is 11.5 Å². The number of sulfone groups is 1. The minimum Gasteiger partial charge on any atom is -0.472 e. The lowest BCUT2D eigenvalue weighted by atomic mass is 10.0. The molecule has 8 aliphatic rings. The molecule has 326 valence electrons. The second-order valence-corrected chi connectivity index (χ2v) is 21.6. The molecule has 20 heteroatoms. The molecular weight excluding hydrogens is 801 g/mol. The molecule has 59 heavy (non-hydrogen) atoms. The fraction of sp³-hybridized carbons (Fsp3) is 0.744. The van der Waals surface area contributed by atoms with E-state index in [1.54, 1.807) is 54.2 Å². The van der Waals surface area contributed by atoms with Gasteiger partial charge in [-0.15, -0.1) is 0 Å². The van der Waals surface area contributed by atoms with Crippen LogP contribution in [0.5, 0.6) is 11.5 Å². The number of amides is 2. The van der Waals surface area contributed by atoms with Gasteiger partial charge in [-0.05, 0) is 72.6 Å². The molecular formula is C39H60N10O8S2. The molecule has 6 bridgehead atoms. The average molecular weight is 861 g/mol. The maximum Gasteiger partial charge on any atom is 0.272 e. The van der Waals surface area contributed by atoms with Crippen LogP contribution in [0, 0.1) is 0 Å². The molecule has 9 heterocycles. The lowest BCUT2D eigenvalue weighted by molar-refractivity contribution is -0.133. The van der Waals surface area contributed by atoms with E-state index in [9.17, 15) is 26.4 Å². The summed E-state index contributed by atoms with van der Waals surface area (Å²) in [4.78, 5) is 50.0. The Bertz CT molecular complexity index is 2090. The molecule has 0 radical (unpaired) electrons. The van der Waals surface area contributed by atoms with Gasteiger partial charge in [0.15, 0.2) is 34.3 Å². The molecule has 10 rings (SSSR count). The van der Waals surface area contributed by atoms with Crippen LogP contribution in [0.1, 0.15) is 99.3 Å². The second-order valence-electron chi connectivity index (χ2n) is 17.2. The summed E-state index contributed by atoms with van der Waals surface area (Å²) >= 11 is 0. The fourth-order valence-corrected chi connectivity index (χ4v) is 11.9. The molecule has 7 aliphatic heterocycles. The maximum absolute atomic E-state index is 13.3. The van der Waals surface area contributed by atoms with Gasteiger partial charge < -0.3 is 25.0 Å². The zero-order valence-electron chi connectivity index (χ0n) is 35.1. The van der Waals surface area contributed by atoms with Crippen LogP contribution in [-0.2, 0) is 29.4 Å². The number of sulfonamides is 1. The van der Waals surface area contributed by atoms with Gasteiger partial charge in [0, 0.05) is 50.8 Å². The number of rotatable bonds is 3. The largest absolute Gasteiger partial charge is 0.472 e. The van der Waals surface area contributed by atoms with E-state index in [0.717, 1.165) is 38.6 Å². The number of carbonyl (C=O) groups is 2. The number of hydrogen-bond acceptors (Lipinski definition) is 15. The zero-order chi connectivity index (χ0) is 42.3. The standard InChI is InChI=1S/C19H28N6O4S.C18H26N4O4S.C2H6/c1-19(2)17(26)25-14-5-6-23(12-14)9-10-30(27,28)24-7-3-13(4-8-24)21-18-20-11-15(29-19)16(25)22-18;1-18(2)16(23)22(13-5-3-4-6-13)15-14(26-18)11-19-17(21-15)20-12-7-9-27(24,25)10-8-12;1-2/h11,13-14H,3-10,12H2,1-2H3,(H,20,21,22);11-13H,3-10H2,1-2H3,(H,19,20,21);1-2H3/t14-;;/m0../s1. The molecule has 2 aromatic rings. The molecule has 3 saturated heterocycles. The van der Waals surface area contributed by atoms with Gasteiger partial charge in [-0.2, -0.15) is 9.97 Å². The molecule has 2 N–H and O–H groups in total. The van der Waals surface area contributed by atoms with E-state index in [4.69, 9.17) is 9.47 Å². The predicted molar refractivity (Wildman–Crippen MR) is 224 cm³/mol. The minimum absolute atomic E-state index is 0.0168. The van der Waals surface area contributed by atoms with E-state index in [-0.39, 0.29) is 53.2 Å². The Morgan fingerprint density at radius 2 is 1.29 bits per heavy atom. The molecule has 0 spiro atoms. The molecule has 1 aliphatic carbocycles. The van der Waals surface area contributed by atoms with Gasteiger partial charge in [0.2, 0.25) is 21.9 Å². The van der Waals surface area contributed by atoms with Crippen molar-refractivity contribution in [2.24, 2.45) is 0 Å². The van der Waals surface area contributed by atoms with Crippen LogP contribution < -0.4 is 29.9 Å². The van der Waals surface area contributed by atoms with Gasteiger partial charge in [0.1, 0.15) is 9.84 Å². The van der Waals surface area contributed by atoms with Crippen LogP contribution in [-0.4, -0.2) is 143 Å². The molecule has 0 aromatic carbocycles. The van der Waals surface area contributed by atoms with Crippen molar-refractivity contribution in [2.45, 2.75) is 135 Å². The van der Waals surface area contributed by atoms with Crippen LogP contribution in [0.3, 0.4) is 0 Å². The molecule has 18 nitrogen and oxygen atoms in total. The first kappa shape index (κ1) is 43.2. The molecule has 2 amide bonds. The number of fused-ring (bicyclic) bond motifs is 5. The summed E-state index contributed by atoms with van der Waals surface area (Å²) in [6.07, 6.45) is 10.6. The average Bonchev–Trinajstić information content (AvgIpc) is 3.91. The number of anilines is 4. The summed E-state index contributed by atoms with van der Waals surface area (Å²) in [6.45, 7) is 13.9. The van der Waals surface area contributed by atoms with Gasteiger partial charge in [-0.25, -0.2) is 31.1 Å². The normalized spacial score (nSPS) is 29.1. The monoisotopic (exact) mass is 860 g/mol. The third-order valence-electron chi connectivity index (χ3n) is 12.2. The number of nitrogens with one attached hydrogen (secondary N) is 2. The number of piperidine rings is 1. The predicted octanol–water partition coefficient (Wildman–Crippen LogP) is 3.21. The first-order chi connectivity index (χ1) is 28.0. The molecule has 1 unspecified atom stereocenters. The van der Waals surface area contributed by atoms with Crippen LogP contribution in [0.4, 0.5) is 23.5 Å². The Morgan fingerprint density at radius 1 is 0.712 bits per heavy atom. The summed E-state index contributed by atoms with van der Waals surface area (Å²) < 4.78 is 62.2. The Hall–Kier alpha value is -3.88. The van der Waals surface area contributed by atoms with Crippen molar-refractivity contribution in [3.05, 3.63) is 12.4 Å². The number of ether oxygens (including phenoxy) is 2. The molecule has 4 fully saturated rings. The van der Waals surface area contributed by atoms with Crippen LogP contribution in [0.2, 0.25) is 0 Å². The lowest BCUT2D eigenvalue weighted by Gasteiger charge is -2.40. The first-order valence-corrected chi connectivity index (χ1v) is 24.6. The second kappa shape index (κ2) is 16.9. The smallest absolute Gasteiger partial charge is 0.272 e. The SMILES string of the molecule is CC.CC1(C)Oc2cnc(NC3CCS(=O)(=O)CC3)nc2N(C2CCCC2)C1=O.CC1(C)Oc2cnc3nc2N(C1=O)[C@H]1CCN(CCS(=O)(=O)N2CCC(CC2)N3)C1. The quantitative estimate of drug-likeness (QED) is 0.454. The van der Waals surface area contributed by atoms with E-state index >= 15 is 0 Å². The summed E-state index contributed by atoms with van der Waals surface area (Å²) in [5, 5.41) is 6.57. The fourth-order valence-electron chi connectivity index (χ4n) is 8.88. The van der Waals surface area contributed by atoms with Gasteiger partial charge in [-0.3, -0.25) is 19.4 Å². The Labute approximate surface area is 348 Å². The summed E-state index contributed by atoms with van der Waals surface area (Å²) in [5.41, 5.74) is -1.94. The number of aromatic nitrogens is 4. The highest BCUT2D eigenvalue weighted by Crippen LogP contribution is 2.42. The van der Waals surface area contributed by atoms with E-state index in [1.165, 1.54) is 0 Å². The Kier molecular flexibility index (Phi) is 12.4. The molecule has 1 saturated carbocycles. The van der Waals surface area contributed by atoms with Crippen molar-refractivity contribution in [1.29, 1.82) is 0 Å². The Morgan fingerprint density at radius 3 is 1.92 bits per heavy atom. The van der Waals surface area contributed by atoms with Crippen LogP contribution >= 0.6 is 0 Å². The van der Waals surface area contributed by atoms with E-state index < -0.39 is 31.1 Å². The van der Waals surface area contributed by atoms with Crippen molar-refractivity contribution >= 4 is 55.2 Å². The van der Waals surface area contributed by atoms with Crippen molar-refractivity contribution in [3.63, 3.8) is 0 Å².